The van der Waals surface area contributed by atoms with Crippen LogP contribution in [0.4, 0.5) is 0 Å². The molecule has 172 valence electrons. The molecule has 5 atom stereocenters. The average molecular weight is 435 g/mol. The van der Waals surface area contributed by atoms with Crippen LogP contribution in [0.5, 0.6) is 11.5 Å². The van der Waals surface area contributed by atoms with E-state index in [0.717, 1.165) is 18.3 Å². The smallest absolute Gasteiger partial charge is 0.160 e. The van der Waals surface area contributed by atoms with Gasteiger partial charge in [0.05, 0.1) is 18.8 Å². The molecule has 2 aromatic carbocycles. The molecule has 1 spiro atoms. The molecule has 0 amide bonds. The second-order valence-corrected chi connectivity index (χ2v) is 11.4. The molecular formula is C29H38O3. The van der Waals surface area contributed by atoms with E-state index in [1.165, 1.54) is 54.4 Å². The van der Waals surface area contributed by atoms with Gasteiger partial charge in [0.25, 0.3) is 0 Å². The Morgan fingerprint density at radius 2 is 1.78 bits per heavy atom. The van der Waals surface area contributed by atoms with Crippen molar-refractivity contribution >= 4 is 0 Å². The van der Waals surface area contributed by atoms with E-state index in [-0.39, 0.29) is 16.8 Å². The predicted octanol–water partition coefficient (Wildman–Crippen LogP) is 6.68. The van der Waals surface area contributed by atoms with Crippen LogP contribution >= 0.6 is 0 Å². The van der Waals surface area contributed by atoms with Crippen LogP contribution in [0.25, 0.3) is 0 Å². The summed E-state index contributed by atoms with van der Waals surface area (Å²) in [4.78, 5) is 0. The highest BCUT2D eigenvalue weighted by Gasteiger charge is 2.68. The third-order valence-corrected chi connectivity index (χ3v) is 8.60. The van der Waals surface area contributed by atoms with E-state index < -0.39 is 0 Å². The van der Waals surface area contributed by atoms with Gasteiger partial charge in [-0.1, -0.05) is 50.6 Å². The Balaban J connectivity index is 0.000000168. The van der Waals surface area contributed by atoms with E-state index in [4.69, 9.17) is 9.47 Å². The lowest BCUT2D eigenvalue weighted by molar-refractivity contribution is 0.0656. The van der Waals surface area contributed by atoms with E-state index >= 15 is 0 Å². The van der Waals surface area contributed by atoms with Crippen LogP contribution in [0, 0.1) is 18.8 Å². The Labute approximate surface area is 193 Å². The molecule has 1 N–H and O–H groups in total. The molecular weight excluding hydrogens is 396 g/mol. The first-order chi connectivity index (χ1) is 15.2. The van der Waals surface area contributed by atoms with Gasteiger partial charge in [0, 0.05) is 0 Å². The number of benzene rings is 2. The number of rotatable bonds is 1. The molecule has 1 aliphatic heterocycles. The van der Waals surface area contributed by atoms with Gasteiger partial charge in [0.15, 0.2) is 11.5 Å². The molecule has 5 unspecified atom stereocenters. The van der Waals surface area contributed by atoms with E-state index in [1.807, 2.05) is 6.07 Å². The standard InChI is InChI=1S/C18H22O3.C11H16/c1-20-16-9-13-10(8-15(16)19)2-3-12-11(13)6-7-18-14(12)4-5-17(18)21-18;1-9-5-7-10(8-6-9)11(2,3)4/h8-9,11-12,14,17,19H,2-7H2,1H3;5-8H,1-4H3. The lowest BCUT2D eigenvalue weighted by Crippen LogP contribution is -2.40. The molecule has 0 radical (unpaired) electrons. The summed E-state index contributed by atoms with van der Waals surface area (Å²) >= 11 is 0. The second-order valence-electron chi connectivity index (χ2n) is 11.4. The lowest BCUT2D eigenvalue weighted by Gasteiger charge is -2.44. The summed E-state index contributed by atoms with van der Waals surface area (Å²) in [5.41, 5.74) is 6.06. The maximum atomic E-state index is 10.0. The summed E-state index contributed by atoms with van der Waals surface area (Å²) < 4.78 is 11.4. The fraction of sp³-hybridized carbons (Fsp3) is 0.586. The van der Waals surface area contributed by atoms with E-state index in [1.54, 1.807) is 7.11 Å². The van der Waals surface area contributed by atoms with Crippen LogP contribution < -0.4 is 4.74 Å². The number of hydrogen-bond donors (Lipinski definition) is 1. The number of aryl methyl sites for hydroxylation is 2. The van der Waals surface area contributed by atoms with Crippen molar-refractivity contribution in [1.29, 1.82) is 0 Å². The van der Waals surface area contributed by atoms with Crippen molar-refractivity contribution in [3.63, 3.8) is 0 Å². The fourth-order valence-corrected chi connectivity index (χ4v) is 6.81. The third kappa shape index (κ3) is 3.63. The van der Waals surface area contributed by atoms with Crippen LogP contribution in [0.2, 0.25) is 0 Å². The predicted molar refractivity (Wildman–Crippen MR) is 129 cm³/mol. The quantitative estimate of drug-likeness (QED) is 0.509. The summed E-state index contributed by atoms with van der Waals surface area (Å²) in [7, 11) is 1.64. The molecule has 3 fully saturated rings. The Morgan fingerprint density at radius 1 is 1.03 bits per heavy atom. The average Bonchev–Trinajstić information content (AvgIpc) is 3.33. The van der Waals surface area contributed by atoms with Crippen molar-refractivity contribution < 1.29 is 14.6 Å². The minimum absolute atomic E-state index is 0.277. The van der Waals surface area contributed by atoms with Crippen LogP contribution in [0.15, 0.2) is 36.4 Å². The SMILES string of the molecule is COc1cc2c(cc1O)CCC1C2CCC23OC2CCC13.Cc1ccc(C(C)(C)C)cc1. The Bertz CT molecular complexity index is 987. The number of fused-ring (bicyclic) bond motifs is 4. The minimum Gasteiger partial charge on any atom is -0.504 e. The van der Waals surface area contributed by atoms with Crippen LogP contribution in [0.1, 0.15) is 81.0 Å². The molecule has 3 aliphatic carbocycles. The zero-order valence-corrected chi connectivity index (χ0v) is 20.3. The molecule has 2 saturated carbocycles. The van der Waals surface area contributed by atoms with Gasteiger partial charge in [-0.2, -0.15) is 0 Å². The molecule has 3 heteroatoms. The highest BCUT2D eigenvalue weighted by molar-refractivity contribution is 5.49. The number of ether oxygens (including phenoxy) is 2. The molecule has 0 bridgehead atoms. The lowest BCUT2D eigenvalue weighted by atomic mass is 9.60. The van der Waals surface area contributed by atoms with E-state index in [0.29, 0.717) is 17.8 Å². The highest BCUT2D eigenvalue weighted by atomic mass is 16.6. The summed E-state index contributed by atoms with van der Waals surface area (Å²) in [6, 6.07) is 12.8. The highest BCUT2D eigenvalue weighted by Crippen LogP contribution is 2.66. The van der Waals surface area contributed by atoms with Crippen molar-refractivity contribution in [3.8, 4) is 11.5 Å². The summed E-state index contributed by atoms with van der Waals surface area (Å²) in [5, 5.41) is 10.0. The van der Waals surface area contributed by atoms with Crippen LogP contribution in [-0.4, -0.2) is 23.9 Å². The number of epoxide rings is 1. The monoisotopic (exact) mass is 434 g/mol. The maximum absolute atomic E-state index is 10.0. The Kier molecular flexibility index (Phi) is 5.32. The summed E-state index contributed by atoms with van der Waals surface area (Å²) in [5.74, 6) is 3.10. The minimum atomic E-state index is 0.277. The number of methoxy groups -OCH3 is 1. The van der Waals surface area contributed by atoms with E-state index in [2.05, 4.69) is 58.0 Å². The zero-order chi connectivity index (χ0) is 22.7. The topological polar surface area (TPSA) is 42.0 Å². The molecule has 2 aromatic rings. The first-order valence-corrected chi connectivity index (χ1v) is 12.4. The maximum Gasteiger partial charge on any atom is 0.160 e. The van der Waals surface area contributed by atoms with Crippen LogP contribution in [0.3, 0.4) is 0 Å². The molecule has 4 aliphatic rings. The van der Waals surface area contributed by atoms with Gasteiger partial charge in [0.1, 0.15) is 0 Å². The van der Waals surface area contributed by atoms with Gasteiger partial charge in [-0.05, 0) is 97.4 Å². The molecule has 1 heterocycles. The van der Waals surface area contributed by atoms with Crippen molar-refractivity contribution in [2.45, 2.75) is 89.3 Å². The van der Waals surface area contributed by atoms with Crippen molar-refractivity contribution in [2.24, 2.45) is 11.8 Å². The van der Waals surface area contributed by atoms with Gasteiger partial charge in [-0.15, -0.1) is 0 Å². The number of aromatic hydroxyl groups is 1. The van der Waals surface area contributed by atoms with Gasteiger partial charge in [0.2, 0.25) is 0 Å². The first kappa shape index (κ1) is 21.8. The molecule has 32 heavy (non-hydrogen) atoms. The molecule has 3 nitrogen and oxygen atoms in total. The zero-order valence-electron chi connectivity index (χ0n) is 20.3. The fourth-order valence-electron chi connectivity index (χ4n) is 6.81. The van der Waals surface area contributed by atoms with Gasteiger partial charge in [-0.3, -0.25) is 0 Å². The van der Waals surface area contributed by atoms with E-state index in [9.17, 15) is 5.11 Å². The summed E-state index contributed by atoms with van der Waals surface area (Å²) in [6.07, 6.45) is 8.03. The molecule has 6 rings (SSSR count). The van der Waals surface area contributed by atoms with Crippen molar-refractivity contribution in [2.75, 3.05) is 7.11 Å². The first-order valence-electron chi connectivity index (χ1n) is 12.4. The number of hydrogen-bond acceptors (Lipinski definition) is 3. The molecule has 1 saturated heterocycles. The Morgan fingerprint density at radius 3 is 2.44 bits per heavy atom. The third-order valence-electron chi connectivity index (χ3n) is 8.60. The second kappa shape index (κ2) is 7.80. The number of phenols is 1. The van der Waals surface area contributed by atoms with Crippen molar-refractivity contribution in [1.82, 2.24) is 0 Å². The van der Waals surface area contributed by atoms with Gasteiger partial charge < -0.3 is 14.6 Å². The summed E-state index contributed by atoms with van der Waals surface area (Å²) in [6.45, 7) is 8.82. The number of phenolic OH excluding ortho intramolecular Hbond substituents is 1. The van der Waals surface area contributed by atoms with Gasteiger partial charge >= 0.3 is 0 Å². The normalized spacial score (nSPS) is 31.9. The van der Waals surface area contributed by atoms with Crippen molar-refractivity contribution in [3.05, 3.63) is 58.7 Å². The molecule has 0 aromatic heterocycles. The largest absolute Gasteiger partial charge is 0.504 e. The Hall–Kier alpha value is -2.00. The van der Waals surface area contributed by atoms with Crippen LogP contribution in [-0.2, 0) is 16.6 Å². The van der Waals surface area contributed by atoms with Gasteiger partial charge in [-0.25, -0.2) is 0 Å².